The Labute approximate surface area is 158 Å². The molecule has 0 saturated carbocycles. The third-order valence-electron chi connectivity index (χ3n) is 1.92. The van der Waals surface area contributed by atoms with Gasteiger partial charge in [0.2, 0.25) is 0 Å². The molecule has 0 aliphatic rings. The molecule has 0 amide bonds. The van der Waals surface area contributed by atoms with Crippen LogP contribution in [0.1, 0.15) is 25.7 Å². The molecule has 0 saturated heterocycles. The van der Waals surface area contributed by atoms with Crippen LogP contribution in [0, 0.1) is 0 Å². The van der Waals surface area contributed by atoms with Crippen LogP contribution in [0.3, 0.4) is 0 Å². The van der Waals surface area contributed by atoms with E-state index in [9.17, 15) is 39.6 Å². The second-order valence-corrected chi connectivity index (χ2v) is 3.67. The van der Waals surface area contributed by atoms with Gasteiger partial charge in [0, 0.05) is 24.0 Å². The van der Waals surface area contributed by atoms with Gasteiger partial charge in [-0.05, 0) is 25.7 Å². The van der Waals surface area contributed by atoms with Crippen LogP contribution >= 0.6 is 0 Å². The summed E-state index contributed by atoms with van der Waals surface area (Å²) in [7, 11) is 0. The van der Waals surface area contributed by atoms with Gasteiger partial charge in [0.1, 0.15) is 0 Å². The Kier molecular flexibility index (Phi) is 22.3. The molecule has 0 fully saturated rings. The number of carbonyl (C=O) groups is 4. The van der Waals surface area contributed by atoms with E-state index in [2.05, 4.69) is 0 Å². The number of nitrogens with two attached hydrogens (primary N) is 2. The summed E-state index contributed by atoms with van der Waals surface area (Å²) in [5, 5.41) is 39.2. The topological polar surface area (TPSA) is 213 Å². The van der Waals surface area contributed by atoms with Gasteiger partial charge in [0.25, 0.3) is 0 Å². The first-order valence-corrected chi connectivity index (χ1v) is 5.40. The predicted molar refractivity (Wildman–Crippen MR) is 66.0 cm³/mol. The van der Waals surface area contributed by atoms with Gasteiger partial charge in [0.15, 0.2) is 0 Å². The van der Waals surface area contributed by atoms with Crippen molar-refractivity contribution in [2.24, 2.45) is 11.5 Å². The van der Waals surface area contributed by atoms with Crippen molar-refractivity contribution < 1.29 is 39.6 Å². The average molecular weight is 339 g/mol. The van der Waals surface area contributed by atoms with Gasteiger partial charge < -0.3 is 51.1 Å². The van der Waals surface area contributed by atoms with Crippen molar-refractivity contribution in [2.45, 2.75) is 37.8 Å². The summed E-state index contributed by atoms with van der Waals surface area (Å²) in [6.45, 7) is 0. The molecule has 4 N–H and O–H groups in total. The maximum atomic E-state index is 9.86. The van der Waals surface area contributed by atoms with E-state index in [0.717, 1.165) is 0 Å². The van der Waals surface area contributed by atoms with Crippen LogP contribution in [-0.2, 0) is 19.2 Å². The third-order valence-corrected chi connectivity index (χ3v) is 1.92. The normalized spacial score (nSPS) is 11.4. The minimum atomic E-state index is -1.44. The summed E-state index contributed by atoms with van der Waals surface area (Å²) in [5.41, 5.74) is 9.82. The van der Waals surface area contributed by atoms with Gasteiger partial charge in [-0.1, -0.05) is 0 Å². The number of hydrogen-bond acceptors (Lipinski definition) is 10. The first kappa shape index (κ1) is 29.4. The second-order valence-electron chi connectivity index (χ2n) is 3.67. The Morgan fingerprint density at radius 3 is 1.05 bits per heavy atom. The molecule has 0 aliphatic heterocycles. The van der Waals surface area contributed by atoms with Crippen molar-refractivity contribution >= 4 is 70.0 Å². The first-order valence-electron chi connectivity index (χ1n) is 5.40. The van der Waals surface area contributed by atoms with E-state index in [-0.39, 0.29) is 71.8 Å². The van der Waals surface area contributed by atoms with Crippen molar-refractivity contribution in [3.63, 3.8) is 0 Å². The van der Waals surface area contributed by atoms with Gasteiger partial charge in [-0.2, -0.15) is 0 Å². The summed E-state index contributed by atoms with van der Waals surface area (Å²) in [5.74, 6) is -5.50. The number of carboxylic acid groups (broad SMARTS) is 4. The molecule has 0 aromatic heterocycles. The molecule has 10 nitrogen and oxygen atoms in total. The zero-order valence-electron chi connectivity index (χ0n) is 11.8. The van der Waals surface area contributed by atoms with E-state index in [1.165, 1.54) is 0 Å². The molecule has 0 heterocycles. The Morgan fingerprint density at radius 1 is 0.682 bits per heavy atom. The Bertz CT molecular complexity index is 333. The molecule has 0 aromatic rings. The van der Waals surface area contributed by atoms with E-state index >= 15 is 0 Å². The van der Waals surface area contributed by atoms with E-state index in [1.807, 2.05) is 0 Å². The van der Waals surface area contributed by atoms with Crippen molar-refractivity contribution in [2.75, 3.05) is 0 Å². The van der Waals surface area contributed by atoms with Gasteiger partial charge in [-0.3, -0.25) is 0 Å². The largest absolute Gasteiger partial charge is 2.00 e. The summed E-state index contributed by atoms with van der Waals surface area (Å²) in [6, 6.07) is -2.42. The van der Waals surface area contributed by atoms with Crippen molar-refractivity contribution in [1.29, 1.82) is 0 Å². The van der Waals surface area contributed by atoms with Crippen LogP contribution in [0.25, 0.3) is 0 Å². The number of carboxylic acids is 4. The molecule has 0 rings (SSSR count). The van der Waals surface area contributed by atoms with E-state index in [1.54, 1.807) is 0 Å². The number of hydrogen-bond donors (Lipinski definition) is 2. The summed E-state index contributed by atoms with van der Waals surface area (Å²) in [6.07, 6.45) is -1.00. The fourth-order valence-electron chi connectivity index (χ4n) is 0.782. The first-order chi connectivity index (χ1) is 9.07. The van der Waals surface area contributed by atoms with Crippen LogP contribution in [0.2, 0.25) is 0 Å². The monoisotopic (exact) mass is 338 g/mol. The standard InChI is InChI=1S/2C5H9NO4.2Mg/c2*6-3(5(9)10)1-2-4(7)8;;/h2*3H,1-2,6H2,(H,7,8)(H,9,10);;/q;;2*+2/p-4/t2*3-;;/m11../s1. The SMILES string of the molecule is N[C@H](CCC(=O)[O-])C(=O)[O-].N[C@H](CCC(=O)[O-])C(=O)[O-].[Mg+2].[Mg+2]. The third kappa shape index (κ3) is 21.6. The molecule has 0 unspecified atom stereocenters. The van der Waals surface area contributed by atoms with E-state index < -0.39 is 36.0 Å². The molecule has 2 atom stereocenters. The van der Waals surface area contributed by atoms with Crippen LogP contribution in [0.15, 0.2) is 0 Å². The molecule has 0 aliphatic carbocycles. The van der Waals surface area contributed by atoms with Crippen molar-refractivity contribution in [3.8, 4) is 0 Å². The van der Waals surface area contributed by atoms with Gasteiger partial charge in [-0.25, -0.2) is 0 Å². The predicted octanol–water partition coefficient (Wildman–Crippen LogP) is -7.57. The summed E-state index contributed by atoms with van der Waals surface area (Å²) < 4.78 is 0. The Balaban J connectivity index is -0.000000135. The van der Waals surface area contributed by atoms with Gasteiger partial charge in [-0.15, -0.1) is 0 Å². The second kappa shape index (κ2) is 16.7. The van der Waals surface area contributed by atoms with Crippen LogP contribution in [-0.4, -0.2) is 82.1 Å². The molecule has 0 aromatic carbocycles. The van der Waals surface area contributed by atoms with Crippen molar-refractivity contribution in [1.82, 2.24) is 0 Å². The molecule has 22 heavy (non-hydrogen) atoms. The van der Waals surface area contributed by atoms with Gasteiger partial charge in [0.05, 0.1) is 11.9 Å². The maximum absolute atomic E-state index is 9.86. The number of aliphatic carboxylic acids is 4. The maximum Gasteiger partial charge on any atom is 2.00 e. The van der Waals surface area contributed by atoms with Crippen LogP contribution in [0.5, 0.6) is 0 Å². The zero-order valence-corrected chi connectivity index (χ0v) is 14.6. The molecular weight excluding hydrogens is 325 g/mol. The Morgan fingerprint density at radius 2 is 0.909 bits per heavy atom. The van der Waals surface area contributed by atoms with Gasteiger partial charge >= 0.3 is 46.1 Å². The molecule has 0 radical (unpaired) electrons. The molecule has 12 heteroatoms. The number of rotatable bonds is 8. The molecule has 0 spiro atoms. The molecule has 0 bridgehead atoms. The summed E-state index contributed by atoms with van der Waals surface area (Å²) >= 11 is 0. The summed E-state index contributed by atoms with van der Waals surface area (Å²) in [4.78, 5) is 39.2. The van der Waals surface area contributed by atoms with Crippen molar-refractivity contribution in [3.05, 3.63) is 0 Å². The fourth-order valence-corrected chi connectivity index (χ4v) is 0.782. The molecular formula is C10H14Mg2N2O8. The van der Waals surface area contributed by atoms with Crippen LogP contribution < -0.4 is 31.9 Å². The average Bonchev–Trinajstić information content (AvgIpc) is 2.33. The quantitative estimate of drug-likeness (QED) is 0.398. The van der Waals surface area contributed by atoms with E-state index in [0.29, 0.717) is 0 Å². The fraction of sp³-hybridized carbons (Fsp3) is 0.600. The van der Waals surface area contributed by atoms with Crippen LogP contribution in [0.4, 0.5) is 0 Å². The van der Waals surface area contributed by atoms with E-state index in [4.69, 9.17) is 11.5 Å². The minimum Gasteiger partial charge on any atom is -0.550 e. The Hall–Kier alpha value is -0.668. The number of carbonyl (C=O) groups excluding carboxylic acids is 4. The molecule has 116 valence electrons. The minimum absolute atomic E-state index is 0. The zero-order chi connectivity index (χ0) is 16.3. The smallest absolute Gasteiger partial charge is 0.550 e.